The van der Waals surface area contributed by atoms with Crippen molar-refractivity contribution in [3.05, 3.63) is 58.1 Å². The van der Waals surface area contributed by atoms with E-state index in [-0.39, 0.29) is 0 Å². The Morgan fingerprint density at radius 3 is 2.46 bits per heavy atom. The Hall–Kier alpha value is -1.56. The Bertz CT molecular complexity index is 634. The van der Waals surface area contributed by atoms with E-state index in [2.05, 4.69) is 21.2 Å². The van der Waals surface area contributed by atoms with Crippen LogP contribution < -0.4 is 14.8 Å². The van der Waals surface area contributed by atoms with E-state index in [4.69, 9.17) is 9.47 Å². The molecule has 1 atom stereocenters. The van der Waals surface area contributed by atoms with Gasteiger partial charge in [0.25, 0.3) is 0 Å². The largest absolute Gasteiger partial charge is 0.490 e. The Labute approximate surface area is 151 Å². The van der Waals surface area contributed by atoms with Crippen molar-refractivity contribution in [1.29, 1.82) is 0 Å². The lowest BCUT2D eigenvalue weighted by Gasteiger charge is -2.16. The molecule has 2 rings (SSSR count). The van der Waals surface area contributed by atoms with Crippen molar-refractivity contribution >= 4 is 15.9 Å². The number of aliphatic hydroxyl groups is 1. The summed E-state index contributed by atoms with van der Waals surface area (Å²) in [6, 6.07) is 13.6. The molecule has 0 heterocycles. The van der Waals surface area contributed by atoms with Gasteiger partial charge in [0.15, 0.2) is 11.5 Å². The van der Waals surface area contributed by atoms with Crippen molar-refractivity contribution < 1.29 is 14.6 Å². The van der Waals surface area contributed by atoms with Crippen LogP contribution in [0.4, 0.5) is 0 Å². The van der Waals surface area contributed by atoms with E-state index in [0.29, 0.717) is 26.3 Å². The highest BCUT2D eigenvalue weighted by molar-refractivity contribution is 9.10. The zero-order chi connectivity index (χ0) is 17.4. The number of aliphatic hydroxyl groups excluding tert-OH is 1. The summed E-state index contributed by atoms with van der Waals surface area (Å²) in [4.78, 5) is 0. The van der Waals surface area contributed by atoms with Gasteiger partial charge in [-0.1, -0.05) is 30.3 Å². The molecule has 2 aromatic carbocycles. The van der Waals surface area contributed by atoms with Gasteiger partial charge in [-0.2, -0.15) is 0 Å². The van der Waals surface area contributed by atoms with Crippen molar-refractivity contribution in [1.82, 2.24) is 5.32 Å². The highest BCUT2D eigenvalue weighted by Gasteiger charge is 2.12. The molecule has 130 valence electrons. The van der Waals surface area contributed by atoms with Gasteiger partial charge in [-0.3, -0.25) is 0 Å². The second-order valence-corrected chi connectivity index (χ2v) is 6.18. The van der Waals surface area contributed by atoms with Gasteiger partial charge in [-0.05, 0) is 53.0 Å². The number of rotatable bonds is 9. The Morgan fingerprint density at radius 2 is 1.79 bits per heavy atom. The molecule has 0 aliphatic heterocycles. The first kappa shape index (κ1) is 18.8. The van der Waals surface area contributed by atoms with Gasteiger partial charge >= 0.3 is 0 Å². The van der Waals surface area contributed by atoms with Gasteiger partial charge in [0, 0.05) is 13.1 Å². The second-order valence-electron chi connectivity index (χ2n) is 5.33. The van der Waals surface area contributed by atoms with Gasteiger partial charge in [-0.15, -0.1) is 0 Å². The number of halogens is 1. The standard InChI is InChI=1S/C19H24BrNO3/c1-3-23-18-11-14(10-16(20)19(18)24-4-2)12-21-13-17(22)15-8-6-5-7-9-15/h5-11,17,21-22H,3-4,12-13H2,1-2H3/t17-/m1/s1. The fraction of sp³-hybridized carbons (Fsp3) is 0.368. The molecule has 0 saturated heterocycles. The lowest BCUT2D eigenvalue weighted by molar-refractivity contribution is 0.174. The van der Waals surface area contributed by atoms with Gasteiger partial charge in [-0.25, -0.2) is 0 Å². The molecular formula is C19H24BrNO3. The summed E-state index contributed by atoms with van der Waals surface area (Å²) >= 11 is 3.54. The molecule has 2 aromatic rings. The first-order valence-corrected chi connectivity index (χ1v) is 8.96. The molecule has 0 aliphatic carbocycles. The maximum atomic E-state index is 10.2. The van der Waals surface area contributed by atoms with Crippen LogP contribution in [0.15, 0.2) is 46.9 Å². The monoisotopic (exact) mass is 393 g/mol. The molecule has 5 heteroatoms. The van der Waals surface area contributed by atoms with E-state index in [1.165, 1.54) is 0 Å². The van der Waals surface area contributed by atoms with Crippen LogP contribution in [0.3, 0.4) is 0 Å². The topological polar surface area (TPSA) is 50.7 Å². The first-order valence-electron chi connectivity index (χ1n) is 8.17. The molecule has 0 amide bonds. The molecule has 2 N–H and O–H groups in total. The zero-order valence-electron chi connectivity index (χ0n) is 14.1. The van der Waals surface area contributed by atoms with Gasteiger partial charge in [0.05, 0.1) is 23.8 Å². The fourth-order valence-electron chi connectivity index (χ4n) is 2.42. The van der Waals surface area contributed by atoms with Crippen LogP contribution in [0.5, 0.6) is 11.5 Å². The molecule has 24 heavy (non-hydrogen) atoms. The highest BCUT2D eigenvalue weighted by atomic mass is 79.9. The van der Waals surface area contributed by atoms with Crippen LogP contribution in [0, 0.1) is 0 Å². The van der Waals surface area contributed by atoms with Crippen molar-refractivity contribution in [2.75, 3.05) is 19.8 Å². The molecule has 0 aliphatic rings. The van der Waals surface area contributed by atoms with Crippen LogP contribution in [0.25, 0.3) is 0 Å². The molecule has 0 radical (unpaired) electrons. The van der Waals surface area contributed by atoms with Crippen molar-refractivity contribution in [3.63, 3.8) is 0 Å². The van der Waals surface area contributed by atoms with Crippen molar-refractivity contribution in [2.24, 2.45) is 0 Å². The van der Waals surface area contributed by atoms with E-state index in [1.807, 2.05) is 56.3 Å². The minimum Gasteiger partial charge on any atom is -0.490 e. The third-order valence-electron chi connectivity index (χ3n) is 3.51. The zero-order valence-corrected chi connectivity index (χ0v) is 15.7. The number of hydrogen-bond donors (Lipinski definition) is 2. The number of benzene rings is 2. The van der Waals surface area contributed by atoms with E-state index < -0.39 is 6.10 Å². The first-order chi connectivity index (χ1) is 11.7. The minimum atomic E-state index is -0.524. The van der Waals surface area contributed by atoms with E-state index in [1.54, 1.807) is 0 Å². The lowest BCUT2D eigenvalue weighted by Crippen LogP contribution is -2.21. The predicted octanol–water partition coefficient (Wildman–Crippen LogP) is 4.07. The summed E-state index contributed by atoms with van der Waals surface area (Å²) in [5.41, 5.74) is 1.97. The summed E-state index contributed by atoms with van der Waals surface area (Å²) in [6.45, 7) is 6.18. The molecular weight excluding hydrogens is 370 g/mol. The third kappa shape index (κ3) is 5.23. The maximum absolute atomic E-state index is 10.2. The maximum Gasteiger partial charge on any atom is 0.175 e. The molecule has 0 unspecified atom stereocenters. The van der Waals surface area contributed by atoms with E-state index in [9.17, 15) is 5.11 Å². The van der Waals surface area contributed by atoms with Crippen LogP contribution in [0.1, 0.15) is 31.1 Å². The van der Waals surface area contributed by atoms with Gasteiger partial charge in [0.2, 0.25) is 0 Å². The molecule has 0 spiro atoms. The summed E-state index contributed by atoms with van der Waals surface area (Å²) in [5, 5.41) is 13.5. The quantitative estimate of drug-likeness (QED) is 0.673. The summed E-state index contributed by atoms with van der Waals surface area (Å²) < 4.78 is 12.2. The smallest absolute Gasteiger partial charge is 0.175 e. The van der Waals surface area contributed by atoms with E-state index in [0.717, 1.165) is 27.1 Å². The molecule has 0 saturated carbocycles. The lowest BCUT2D eigenvalue weighted by atomic mass is 10.1. The summed E-state index contributed by atoms with van der Waals surface area (Å²) in [5.74, 6) is 1.46. The van der Waals surface area contributed by atoms with Crippen molar-refractivity contribution in [3.8, 4) is 11.5 Å². The SMILES string of the molecule is CCOc1cc(CNC[C@@H](O)c2ccccc2)cc(Br)c1OCC. The Balaban J connectivity index is 1.99. The van der Waals surface area contributed by atoms with Crippen LogP contribution in [-0.4, -0.2) is 24.9 Å². The Morgan fingerprint density at radius 1 is 1.08 bits per heavy atom. The molecule has 0 bridgehead atoms. The third-order valence-corrected chi connectivity index (χ3v) is 4.10. The predicted molar refractivity (Wildman–Crippen MR) is 99.6 cm³/mol. The molecule has 4 nitrogen and oxygen atoms in total. The average Bonchev–Trinajstić information content (AvgIpc) is 2.59. The van der Waals surface area contributed by atoms with Crippen LogP contribution >= 0.6 is 15.9 Å². The van der Waals surface area contributed by atoms with Gasteiger partial charge < -0.3 is 19.9 Å². The number of ether oxygens (including phenoxy) is 2. The summed E-state index contributed by atoms with van der Waals surface area (Å²) in [6.07, 6.45) is -0.524. The molecule has 0 fully saturated rings. The number of nitrogens with one attached hydrogen (secondary N) is 1. The fourth-order valence-corrected chi connectivity index (χ4v) is 3.02. The minimum absolute atomic E-state index is 0.485. The van der Waals surface area contributed by atoms with Crippen LogP contribution in [-0.2, 0) is 6.54 Å². The summed E-state index contributed by atoms with van der Waals surface area (Å²) in [7, 11) is 0. The highest BCUT2D eigenvalue weighted by Crippen LogP contribution is 2.36. The average molecular weight is 394 g/mol. The normalized spacial score (nSPS) is 12.0. The number of hydrogen-bond acceptors (Lipinski definition) is 4. The van der Waals surface area contributed by atoms with Gasteiger partial charge in [0.1, 0.15) is 0 Å². The molecule has 0 aromatic heterocycles. The second kappa shape index (κ2) is 9.67. The van der Waals surface area contributed by atoms with Crippen molar-refractivity contribution in [2.45, 2.75) is 26.5 Å². The van der Waals surface area contributed by atoms with Crippen LogP contribution in [0.2, 0.25) is 0 Å². The Kier molecular flexibility index (Phi) is 7.56. The van der Waals surface area contributed by atoms with E-state index >= 15 is 0 Å².